The van der Waals surface area contributed by atoms with E-state index in [0.29, 0.717) is 19.4 Å². The molecule has 2 aromatic carbocycles. The fourth-order valence-electron chi connectivity index (χ4n) is 3.71. The molecule has 4 aromatic rings. The number of carbonyl (C=O) groups is 1. The number of nitrogens with one attached hydrogen (secondary N) is 1. The summed E-state index contributed by atoms with van der Waals surface area (Å²) in [5.41, 5.74) is 5.40. The standard InChI is InChI=1S/C25H25N3O/c1-19-9-8-14-24-27-22(18-28(19)24)15-16-26-25(29)17-23(20-10-4-2-5-11-20)21-12-6-3-7-13-21/h2-14,18,23H,15-17H2,1H3,(H,26,29). The van der Waals surface area contributed by atoms with Gasteiger partial charge in [-0.3, -0.25) is 4.79 Å². The van der Waals surface area contributed by atoms with Crippen molar-refractivity contribution < 1.29 is 4.79 Å². The Morgan fingerprint density at radius 1 is 0.931 bits per heavy atom. The lowest BCUT2D eigenvalue weighted by molar-refractivity contribution is -0.121. The van der Waals surface area contributed by atoms with Crippen LogP contribution >= 0.6 is 0 Å². The number of aromatic nitrogens is 2. The normalized spacial score (nSPS) is 11.1. The van der Waals surface area contributed by atoms with Crippen LogP contribution in [0, 0.1) is 6.92 Å². The number of aryl methyl sites for hydroxylation is 1. The van der Waals surface area contributed by atoms with E-state index in [0.717, 1.165) is 28.2 Å². The van der Waals surface area contributed by atoms with Crippen LogP contribution in [0.25, 0.3) is 5.65 Å². The van der Waals surface area contributed by atoms with Crippen LogP contribution in [0.1, 0.15) is 34.9 Å². The second kappa shape index (κ2) is 8.74. The van der Waals surface area contributed by atoms with E-state index in [2.05, 4.69) is 52.0 Å². The van der Waals surface area contributed by atoms with Crippen molar-refractivity contribution >= 4 is 11.6 Å². The molecule has 0 aliphatic carbocycles. The van der Waals surface area contributed by atoms with Gasteiger partial charge in [-0.2, -0.15) is 0 Å². The maximum absolute atomic E-state index is 12.7. The molecule has 29 heavy (non-hydrogen) atoms. The number of rotatable bonds is 7. The average molecular weight is 383 g/mol. The second-order valence-corrected chi connectivity index (χ2v) is 7.31. The molecule has 0 aliphatic heterocycles. The number of fused-ring (bicyclic) bond motifs is 1. The van der Waals surface area contributed by atoms with Crippen LogP contribution in [-0.2, 0) is 11.2 Å². The highest BCUT2D eigenvalue weighted by molar-refractivity contribution is 5.77. The van der Waals surface area contributed by atoms with Crippen molar-refractivity contribution in [2.24, 2.45) is 0 Å². The third-order valence-corrected chi connectivity index (χ3v) is 5.24. The minimum absolute atomic E-state index is 0.0512. The Kier molecular flexibility index (Phi) is 5.71. The first-order valence-corrected chi connectivity index (χ1v) is 10.0. The molecule has 1 amide bonds. The predicted molar refractivity (Wildman–Crippen MR) is 116 cm³/mol. The van der Waals surface area contributed by atoms with Crippen LogP contribution in [-0.4, -0.2) is 21.8 Å². The maximum atomic E-state index is 12.7. The minimum atomic E-state index is 0.0512. The molecule has 1 N–H and O–H groups in total. The molecule has 0 saturated carbocycles. The van der Waals surface area contributed by atoms with Gasteiger partial charge in [0.1, 0.15) is 5.65 Å². The minimum Gasteiger partial charge on any atom is -0.356 e. The van der Waals surface area contributed by atoms with E-state index in [1.54, 1.807) is 0 Å². The predicted octanol–water partition coefficient (Wildman–Crippen LogP) is 4.52. The molecular formula is C25H25N3O. The zero-order valence-corrected chi connectivity index (χ0v) is 16.6. The molecule has 0 atom stereocenters. The van der Waals surface area contributed by atoms with Crippen LogP contribution < -0.4 is 5.32 Å². The first kappa shape index (κ1) is 18.9. The van der Waals surface area contributed by atoms with Crippen LogP contribution in [0.3, 0.4) is 0 Å². The Morgan fingerprint density at radius 3 is 2.21 bits per heavy atom. The van der Waals surface area contributed by atoms with Crippen molar-refractivity contribution in [3.05, 3.63) is 108 Å². The van der Waals surface area contributed by atoms with E-state index in [9.17, 15) is 4.79 Å². The van der Waals surface area contributed by atoms with Gasteiger partial charge in [0.05, 0.1) is 5.69 Å². The van der Waals surface area contributed by atoms with Crippen LogP contribution in [0.2, 0.25) is 0 Å². The summed E-state index contributed by atoms with van der Waals surface area (Å²) >= 11 is 0. The van der Waals surface area contributed by atoms with Crippen molar-refractivity contribution in [3.8, 4) is 0 Å². The summed E-state index contributed by atoms with van der Waals surface area (Å²) in [5.74, 6) is 0.109. The molecular weight excluding hydrogens is 358 g/mol. The Morgan fingerprint density at radius 2 is 1.59 bits per heavy atom. The highest BCUT2D eigenvalue weighted by Gasteiger charge is 2.17. The molecule has 0 unspecified atom stereocenters. The highest BCUT2D eigenvalue weighted by atomic mass is 16.1. The lowest BCUT2D eigenvalue weighted by Crippen LogP contribution is -2.27. The molecule has 146 valence electrons. The van der Waals surface area contributed by atoms with Crippen molar-refractivity contribution in [2.45, 2.75) is 25.7 Å². The van der Waals surface area contributed by atoms with Crippen molar-refractivity contribution in [3.63, 3.8) is 0 Å². The lowest BCUT2D eigenvalue weighted by Gasteiger charge is -2.17. The summed E-state index contributed by atoms with van der Waals surface area (Å²) < 4.78 is 2.08. The van der Waals surface area contributed by atoms with Gasteiger partial charge in [0, 0.05) is 37.2 Å². The quantitative estimate of drug-likeness (QED) is 0.510. The Bertz CT molecular complexity index is 1050. The van der Waals surface area contributed by atoms with Gasteiger partial charge in [0.25, 0.3) is 0 Å². The van der Waals surface area contributed by atoms with Crippen LogP contribution in [0.4, 0.5) is 0 Å². The number of amides is 1. The third-order valence-electron chi connectivity index (χ3n) is 5.24. The zero-order valence-electron chi connectivity index (χ0n) is 16.6. The number of benzene rings is 2. The largest absolute Gasteiger partial charge is 0.356 e. The maximum Gasteiger partial charge on any atom is 0.220 e. The summed E-state index contributed by atoms with van der Waals surface area (Å²) in [5, 5.41) is 3.07. The van der Waals surface area contributed by atoms with Crippen LogP contribution in [0.15, 0.2) is 85.1 Å². The number of nitrogens with zero attached hydrogens (tertiary/aromatic N) is 2. The number of imidazole rings is 1. The topological polar surface area (TPSA) is 46.4 Å². The zero-order chi connectivity index (χ0) is 20.1. The van der Waals surface area contributed by atoms with Gasteiger partial charge in [0.2, 0.25) is 5.91 Å². The fourth-order valence-corrected chi connectivity index (χ4v) is 3.71. The average Bonchev–Trinajstić information content (AvgIpc) is 3.18. The summed E-state index contributed by atoms with van der Waals surface area (Å²) in [6.07, 6.45) is 3.19. The summed E-state index contributed by atoms with van der Waals surface area (Å²) in [6.45, 7) is 2.64. The monoisotopic (exact) mass is 383 g/mol. The van der Waals surface area contributed by atoms with Gasteiger partial charge < -0.3 is 9.72 Å². The van der Waals surface area contributed by atoms with E-state index < -0.39 is 0 Å². The summed E-state index contributed by atoms with van der Waals surface area (Å²) in [7, 11) is 0. The molecule has 0 spiro atoms. The van der Waals surface area contributed by atoms with Gasteiger partial charge in [-0.15, -0.1) is 0 Å². The van der Waals surface area contributed by atoms with Gasteiger partial charge in [-0.05, 0) is 30.2 Å². The molecule has 0 aliphatic rings. The highest BCUT2D eigenvalue weighted by Crippen LogP contribution is 2.27. The van der Waals surface area contributed by atoms with Crippen LogP contribution in [0.5, 0.6) is 0 Å². The first-order chi connectivity index (χ1) is 14.2. The molecule has 4 rings (SSSR count). The van der Waals surface area contributed by atoms with Gasteiger partial charge in [0.15, 0.2) is 0 Å². The van der Waals surface area contributed by atoms with Crippen molar-refractivity contribution in [1.82, 2.24) is 14.7 Å². The molecule has 4 heteroatoms. The third kappa shape index (κ3) is 4.54. The Balaban J connectivity index is 1.39. The molecule has 2 heterocycles. The van der Waals surface area contributed by atoms with Crippen molar-refractivity contribution in [2.75, 3.05) is 6.54 Å². The molecule has 2 aromatic heterocycles. The van der Waals surface area contributed by atoms with Gasteiger partial charge >= 0.3 is 0 Å². The van der Waals surface area contributed by atoms with Crippen molar-refractivity contribution in [1.29, 1.82) is 0 Å². The number of pyridine rings is 1. The molecule has 0 radical (unpaired) electrons. The molecule has 0 bridgehead atoms. The Hall–Kier alpha value is -3.40. The van der Waals surface area contributed by atoms with E-state index in [4.69, 9.17) is 0 Å². The smallest absolute Gasteiger partial charge is 0.220 e. The SMILES string of the molecule is Cc1cccc2nc(CCNC(=O)CC(c3ccccc3)c3ccccc3)cn12. The van der Waals surface area contributed by atoms with E-state index in [1.165, 1.54) is 0 Å². The molecule has 0 fully saturated rings. The number of hydrogen-bond donors (Lipinski definition) is 1. The van der Waals surface area contributed by atoms with Gasteiger partial charge in [-0.1, -0.05) is 66.7 Å². The molecule has 4 nitrogen and oxygen atoms in total. The number of hydrogen-bond acceptors (Lipinski definition) is 2. The van der Waals surface area contributed by atoms with E-state index in [-0.39, 0.29) is 11.8 Å². The summed E-state index contributed by atoms with van der Waals surface area (Å²) in [4.78, 5) is 17.3. The Labute approximate surface area is 171 Å². The van der Waals surface area contributed by atoms with Gasteiger partial charge in [-0.25, -0.2) is 4.98 Å². The lowest BCUT2D eigenvalue weighted by atomic mass is 9.88. The second-order valence-electron chi connectivity index (χ2n) is 7.31. The first-order valence-electron chi connectivity index (χ1n) is 10.0. The van der Waals surface area contributed by atoms with E-state index in [1.807, 2.05) is 54.7 Å². The van der Waals surface area contributed by atoms with E-state index >= 15 is 0 Å². The fraction of sp³-hybridized carbons (Fsp3) is 0.200. The summed E-state index contributed by atoms with van der Waals surface area (Å²) in [6, 6.07) is 26.5. The number of carbonyl (C=O) groups excluding carboxylic acids is 1. The molecule has 0 saturated heterocycles.